The summed E-state index contributed by atoms with van der Waals surface area (Å²) in [5.41, 5.74) is 0.852. The topological polar surface area (TPSA) is 128 Å². The van der Waals surface area contributed by atoms with Crippen LogP contribution in [0, 0.1) is 6.92 Å². The van der Waals surface area contributed by atoms with E-state index in [9.17, 15) is 13.2 Å². The monoisotopic (exact) mass is 396 g/mol. The van der Waals surface area contributed by atoms with E-state index in [0.717, 1.165) is 0 Å². The summed E-state index contributed by atoms with van der Waals surface area (Å²) in [6, 6.07) is 5.37. The van der Waals surface area contributed by atoms with Crippen LogP contribution in [0.1, 0.15) is 5.69 Å². The molecule has 0 aliphatic heterocycles. The molecule has 0 bridgehead atoms. The molecule has 3 heterocycles. The summed E-state index contributed by atoms with van der Waals surface area (Å²) in [4.78, 5) is 23.9. The zero-order chi connectivity index (χ0) is 18.9. The minimum Gasteiger partial charge on any atom is -0.481 e. The Balaban J connectivity index is 1.86. The van der Waals surface area contributed by atoms with Crippen molar-refractivity contribution in [1.29, 1.82) is 0 Å². The number of anilines is 1. The number of fused-ring (bicyclic) bond motifs is 1. The first-order valence-electron chi connectivity index (χ1n) is 7.16. The highest BCUT2D eigenvalue weighted by Gasteiger charge is 2.26. The first kappa shape index (κ1) is 17.9. The second-order valence-corrected chi connectivity index (χ2v) is 7.03. The Hall–Kier alpha value is -2.92. The van der Waals surface area contributed by atoms with E-state index in [0.29, 0.717) is 11.3 Å². The summed E-state index contributed by atoms with van der Waals surface area (Å²) in [7, 11) is -2.89. The Morgan fingerprint density at radius 1 is 1.27 bits per heavy atom. The molecule has 0 atom stereocenters. The normalized spacial score (nSPS) is 11.3. The van der Waals surface area contributed by atoms with Gasteiger partial charge in [-0.3, -0.25) is 9.72 Å². The molecule has 0 radical (unpaired) electrons. The van der Waals surface area contributed by atoms with E-state index in [1.807, 2.05) is 4.72 Å². The van der Waals surface area contributed by atoms with E-state index >= 15 is 0 Å². The number of nitrogens with one attached hydrogen (secondary N) is 2. The summed E-state index contributed by atoms with van der Waals surface area (Å²) >= 11 is 5.93. The van der Waals surface area contributed by atoms with E-state index in [-0.39, 0.29) is 22.0 Å². The Morgan fingerprint density at radius 3 is 2.77 bits per heavy atom. The third kappa shape index (κ3) is 3.53. The van der Waals surface area contributed by atoms with Crippen molar-refractivity contribution in [3.05, 3.63) is 41.3 Å². The number of ether oxygens (including phenoxy) is 1. The van der Waals surface area contributed by atoms with Crippen LogP contribution in [0.4, 0.5) is 10.7 Å². The number of methoxy groups -OCH3 is 1. The number of hydrogen-bond acceptors (Lipinski definition) is 7. The fourth-order valence-corrected chi connectivity index (χ4v) is 3.74. The molecule has 0 aliphatic carbocycles. The molecule has 0 unspecified atom stereocenters. The second kappa shape index (κ2) is 6.77. The third-order valence-corrected chi connectivity index (χ3v) is 4.92. The van der Waals surface area contributed by atoms with Gasteiger partial charge in [-0.25, -0.2) is 19.5 Å². The standard InChI is InChI=1S/C14H13ClN6O4S/c1-8-7-10(25-2)18-13(16-8)19-14(22)20-26(23,24)12-11(15)17-9-5-3-4-6-21(9)12/h3-7H,1-2H3,(H2,16,18,19,20,22). The largest absolute Gasteiger partial charge is 0.481 e. The Bertz CT molecular complexity index is 1100. The fourth-order valence-electron chi connectivity index (χ4n) is 2.18. The van der Waals surface area contributed by atoms with Crippen molar-refractivity contribution in [3.63, 3.8) is 0 Å². The van der Waals surface area contributed by atoms with Gasteiger partial charge in [-0.2, -0.15) is 13.4 Å². The lowest BCUT2D eigenvalue weighted by atomic mass is 10.4. The van der Waals surface area contributed by atoms with Gasteiger partial charge >= 0.3 is 6.03 Å². The lowest BCUT2D eigenvalue weighted by molar-refractivity contribution is 0.256. The van der Waals surface area contributed by atoms with Crippen LogP contribution in [0.15, 0.2) is 35.5 Å². The molecule has 2 amide bonds. The average molecular weight is 397 g/mol. The predicted octanol–water partition coefficient (Wildman–Crippen LogP) is 1.61. The van der Waals surface area contributed by atoms with Gasteiger partial charge in [-0.15, -0.1) is 0 Å². The summed E-state index contributed by atoms with van der Waals surface area (Å²) in [5, 5.41) is 1.63. The number of urea groups is 1. The van der Waals surface area contributed by atoms with E-state index < -0.39 is 16.1 Å². The average Bonchev–Trinajstić information content (AvgIpc) is 2.89. The lowest BCUT2D eigenvalue weighted by Gasteiger charge is -2.09. The van der Waals surface area contributed by atoms with Gasteiger partial charge < -0.3 is 4.74 Å². The van der Waals surface area contributed by atoms with Gasteiger partial charge in [-0.05, 0) is 19.1 Å². The van der Waals surface area contributed by atoms with Crippen LogP contribution in [-0.2, 0) is 10.0 Å². The molecule has 0 aromatic carbocycles. The van der Waals surface area contributed by atoms with Gasteiger partial charge in [0.25, 0.3) is 10.0 Å². The van der Waals surface area contributed by atoms with Gasteiger partial charge in [0.1, 0.15) is 5.65 Å². The zero-order valence-corrected chi connectivity index (χ0v) is 15.2. The first-order valence-corrected chi connectivity index (χ1v) is 9.02. The number of amides is 2. The first-order chi connectivity index (χ1) is 12.3. The van der Waals surface area contributed by atoms with Gasteiger partial charge in [0.15, 0.2) is 10.2 Å². The molecule has 10 nitrogen and oxygen atoms in total. The summed E-state index contributed by atoms with van der Waals surface area (Å²) in [6.45, 7) is 1.67. The van der Waals surface area contributed by atoms with Gasteiger partial charge in [0.05, 0.1) is 7.11 Å². The van der Waals surface area contributed by atoms with E-state index in [2.05, 4.69) is 20.3 Å². The molecular formula is C14H13ClN6O4S. The van der Waals surface area contributed by atoms with Crippen LogP contribution in [0.25, 0.3) is 5.65 Å². The number of sulfonamides is 1. The van der Waals surface area contributed by atoms with Gasteiger partial charge in [0.2, 0.25) is 11.8 Å². The van der Waals surface area contributed by atoms with Crippen LogP contribution < -0.4 is 14.8 Å². The highest BCUT2D eigenvalue weighted by Crippen LogP contribution is 2.22. The number of carbonyl (C=O) groups is 1. The molecule has 3 rings (SSSR count). The number of nitrogens with zero attached hydrogens (tertiary/aromatic N) is 4. The molecule has 2 N–H and O–H groups in total. The van der Waals surface area contributed by atoms with Crippen molar-refractivity contribution in [1.82, 2.24) is 24.1 Å². The minimum atomic E-state index is -4.30. The number of halogens is 1. The molecule has 3 aromatic heterocycles. The van der Waals surface area contributed by atoms with Crippen molar-refractivity contribution in [2.75, 3.05) is 12.4 Å². The maximum Gasteiger partial charge on any atom is 0.335 e. The molecule has 26 heavy (non-hydrogen) atoms. The van der Waals surface area contributed by atoms with Crippen molar-refractivity contribution in [2.45, 2.75) is 11.9 Å². The summed E-state index contributed by atoms with van der Waals surface area (Å²) in [5.74, 6) is 0.110. The van der Waals surface area contributed by atoms with Crippen LogP contribution >= 0.6 is 11.6 Å². The Morgan fingerprint density at radius 2 is 2.04 bits per heavy atom. The maximum absolute atomic E-state index is 12.5. The quantitative estimate of drug-likeness (QED) is 0.685. The van der Waals surface area contributed by atoms with Crippen molar-refractivity contribution in [3.8, 4) is 5.88 Å². The number of pyridine rings is 1. The second-order valence-electron chi connectivity index (χ2n) is 5.07. The number of rotatable bonds is 4. The highest BCUT2D eigenvalue weighted by molar-refractivity contribution is 7.90. The molecule has 3 aromatic rings. The van der Waals surface area contributed by atoms with Crippen LogP contribution in [0.5, 0.6) is 5.88 Å². The molecule has 136 valence electrons. The van der Waals surface area contributed by atoms with Crippen LogP contribution in [0.2, 0.25) is 5.15 Å². The molecule has 0 spiro atoms. The smallest absolute Gasteiger partial charge is 0.335 e. The highest BCUT2D eigenvalue weighted by atomic mass is 35.5. The lowest BCUT2D eigenvalue weighted by Crippen LogP contribution is -2.35. The SMILES string of the molecule is COc1cc(C)nc(NC(=O)NS(=O)(=O)c2c(Cl)nc3ccccn23)n1. The summed E-state index contributed by atoms with van der Waals surface area (Å²) < 4.78 is 33.2. The maximum atomic E-state index is 12.5. The van der Waals surface area contributed by atoms with Gasteiger partial charge in [-0.1, -0.05) is 17.7 Å². The van der Waals surface area contributed by atoms with E-state index in [1.165, 1.54) is 17.7 Å². The number of carbonyl (C=O) groups excluding carboxylic acids is 1. The molecule has 0 fully saturated rings. The molecule has 0 saturated heterocycles. The predicted molar refractivity (Wildman–Crippen MR) is 92.9 cm³/mol. The minimum absolute atomic E-state index is 0.112. The number of hydrogen-bond donors (Lipinski definition) is 2. The van der Waals surface area contributed by atoms with Gasteiger partial charge in [0, 0.05) is 18.0 Å². The number of imidazole rings is 1. The number of aromatic nitrogens is 4. The zero-order valence-electron chi connectivity index (χ0n) is 13.6. The molecule has 0 aliphatic rings. The van der Waals surface area contributed by atoms with Crippen molar-refractivity contribution < 1.29 is 17.9 Å². The third-order valence-electron chi connectivity index (χ3n) is 3.19. The molecule has 12 heteroatoms. The fraction of sp³-hybridized carbons (Fsp3) is 0.143. The molecule has 0 saturated carbocycles. The van der Waals surface area contributed by atoms with Crippen LogP contribution in [0.3, 0.4) is 0 Å². The van der Waals surface area contributed by atoms with E-state index in [4.69, 9.17) is 16.3 Å². The van der Waals surface area contributed by atoms with Crippen LogP contribution in [-0.4, -0.2) is 40.9 Å². The Labute approximate surface area is 153 Å². The molecular weight excluding hydrogens is 384 g/mol. The Kier molecular flexibility index (Phi) is 4.66. The van der Waals surface area contributed by atoms with E-state index in [1.54, 1.807) is 31.2 Å². The summed E-state index contributed by atoms with van der Waals surface area (Å²) in [6.07, 6.45) is 1.47. The van der Waals surface area contributed by atoms with Crippen molar-refractivity contribution in [2.24, 2.45) is 0 Å². The number of aryl methyl sites for hydroxylation is 1. The van der Waals surface area contributed by atoms with Crippen molar-refractivity contribution >= 4 is 39.3 Å².